The van der Waals surface area contributed by atoms with Crippen LogP contribution < -0.4 is 43.0 Å². The van der Waals surface area contributed by atoms with Crippen molar-refractivity contribution in [1.29, 1.82) is 5.41 Å². The maximum absolute atomic E-state index is 14.7. The van der Waals surface area contributed by atoms with Crippen LogP contribution in [0.25, 0.3) is 10.8 Å². The number of phenols is 1. The Balaban J connectivity index is 1.04. The van der Waals surface area contributed by atoms with Crippen LogP contribution in [-0.2, 0) is 60.8 Å². The van der Waals surface area contributed by atoms with Gasteiger partial charge in [-0.25, -0.2) is 0 Å². The normalized spacial score (nSPS) is 18.9. The van der Waals surface area contributed by atoms with Gasteiger partial charge in [0.15, 0.2) is 0 Å². The number of benzene rings is 4. The predicted molar refractivity (Wildman–Crippen MR) is 347 cm³/mol. The Morgan fingerprint density at radius 1 is 0.553 bits per heavy atom. The van der Waals surface area contributed by atoms with Crippen LogP contribution in [0.2, 0.25) is 0 Å². The van der Waals surface area contributed by atoms with Crippen molar-refractivity contribution in [3.63, 3.8) is 0 Å². The standard InChI is InChI=1S/C65H88N14O15/c1-75-53(64(93)73-50(11-4-5-13-54(66)67)63(92)74-51(37-44-15-18-45-9-2-3-10-47(45)35-44)62(91)70-38-56(82)72-52(65(75)94)36-43-16-23-49(80)24-17-43)12-8-26-69-61(90)46-19-21-48(22-20-46)71-55(81)14-6-7-25-68-57(83)39-76-27-29-77(40-58(84)85)31-33-79(42-60(88)89)34-32-78(30-28-76)41-59(86)87/h2-3,9-10,15-24,35,50-53,80H,4-8,11-14,25-34,36-42H2,1H3,(H3,66,67)(H,68,83)(H,69,90)(H,70,91)(H,71,81)(H,72,82)(H,73,93)(H,74,92)(H,84,85)(H,86,87)(H,88,89)/t50-,51-,52+,53+/m0/s1. The molecule has 0 bridgehead atoms. The van der Waals surface area contributed by atoms with E-state index >= 15 is 0 Å². The molecule has 4 aromatic carbocycles. The lowest BCUT2D eigenvalue weighted by Gasteiger charge is -2.32. The number of nitrogens with one attached hydrogen (secondary N) is 8. The molecule has 14 N–H and O–H groups in total. The van der Waals surface area contributed by atoms with Crippen LogP contribution in [0.15, 0.2) is 91.0 Å². The lowest BCUT2D eigenvalue weighted by atomic mass is 10.00. The van der Waals surface area contributed by atoms with Gasteiger partial charge in [-0.3, -0.25) is 77.7 Å². The summed E-state index contributed by atoms with van der Waals surface area (Å²) >= 11 is 0. The molecule has 4 aromatic rings. The molecular weight excluding hydrogens is 1220 g/mol. The van der Waals surface area contributed by atoms with Crippen LogP contribution in [0.5, 0.6) is 5.75 Å². The first-order valence-electron chi connectivity index (χ1n) is 31.5. The third-order valence-electron chi connectivity index (χ3n) is 16.2. The van der Waals surface area contributed by atoms with E-state index in [1.807, 2.05) is 47.4 Å². The van der Waals surface area contributed by atoms with Crippen LogP contribution in [-0.4, -0.2) is 245 Å². The minimum atomic E-state index is -1.28. The molecule has 0 spiro atoms. The van der Waals surface area contributed by atoms with Gasteiger partial charge in [-0.15, -0.1) is 0 Å². The lowest BCUT2D eigenvalue weighted by molar-refractivity contribution is -0.142. The Morgan fingerprint density at radius 3 is 1.69 bits per heavy atom. The molecule has 2 fully saturated rings. The van der Waals surface area contributed by atoms with Crippen molar-refractivity contribution in [3.05, 3.63) is 108 Å². The molecule has 29 nitrogen and oxygen atoms in total. The van der Waals surface area contributed by atoms with Gasteiger partial charge >= 0.3 is 17.9 Å². The van der Waals surface area contributed by atoms with Gasteiger partial charge in [0.05, 0.1) is 38.6 Å². The van der Waals surface area contributed by atoms with Crippen molar-refractivity contribution < 1.29 is 73.2 Å². The summed E-state index contributed by atoms with van der Waals surface area (Å²) in [6.45, 7) is 0.845. The number of anilines is 1. The molecule has 0 aliphatic carbocycles. The van der Waals surface area contributed by atoms with Crippen molar-refractivity contribution in [2.45, 2.75) is 94.8 Å². The summed E-state index contributed by atoms with van der Waals surface area (Å²) in [5, 5.41) is 67.5. The summed E-state index contributed by atoms with van der Waals surface area (Å²) in [4.78, 5) is 154. The zero-order valence-corrected chi connectivity index (χ0v) is 52.9. The highest BCUT2D eigenvalue weighted by atomic mass is 16.4. The van der Waals surface area contributed by atoms with Crippen LogP contribution in [0.4, 0.5) is 5.69 Å². The molecule has 0 saturated carbocycles. The second-order valence-electron chi connectivity index (χ2n) is 23.6. The first-order chi connectivity index (χ1) is 45.0. The van der Waals surface area contributed by atoms with Gasteiger partial charge in [-0.1, -0.05) is 61.0 Å². The number of fused-ring (bicyclic) bond motifs is 1. The lowest BCUT2D eigenvalue weighted by Crippen LogP contribution is -2.58. The minimum absolute atomic E-state index is 0.0114. The van der Waals surface area contributed by atoms with Gasteiger partial charge in [-0.2, -0.15) is 0 Å². The fourth-order valence-corrected chi connectivity index (χ4v) is 11.0. The number of aromatic hydroxyl groups is 1. The number of carboxylic acid groups (broad SMARTS) is 3. The summed E-state index contributed by atoms with van der Waals surface area (Å²) < 4.78 is 0. The van der Waals surface area contributed by atoms with E-state index in [2.05, 4.69) is 37.2 Å². The molecule has 94 heavy (non-hydrogen) atoms. The van der Waals surface area contributed by atoms with Crippen LogP contribution >= 0.6 is 0 Å². The SMILES string of the molecule is CN1C(=O)[C@@H](Cc2ccc(O)cc2)NC(=O)CNC(=O)[C@H](Cc2ccc3ccccc3c2)NC(=O)[C@H](CCCCC(=N)N)NC(=O)[C@H]1CCCNC(=O)c1ccc(NC(=O)CCCCNC(=O)CN2CCN(CC(=O)O)CCN(CC(=O)O)CCN(CC(=O)O)CC2)cc1. The number of carbonyl (C=O) groups is 11. The Hall–Kier alpha value is -9.58. The van der Waals surface area contributed by atoms with Crippen molar-refractivity contribution in [1.82, 2.24) is 56.4 Å². The summed E-state index contributed by atoms with van der Waals surface area (Å²) in [6, 6.07) is 20.3. The number of amidine groups is 1. The van der Waals surface area contributed by atoms with E-state index in [-0.39, 0.29) is 166 Å². The fourth-order valence-electron chi connectivity index (χ4n) is 11.0. The van der Waals surface area contributed by atoms with Crippen molar-refractivity contribution in [2.75, 3.05) is 111 Å². The summed E-state index contributed by atoms with van der Waals surface area (Å²) in [5.74, 6) is -7.93. The van der Waals surface area contributed by atoms with Crippen LogP contribution in [0.3, 0.4) is 0 Å². The predicted octanol–water partition coefficient (Wildman–Crippen LogP) is 0.149. The summed E-state index contributed by atoms with van der Waals surface area (Å²) in [6.07, 6.45) is 2.05. The number of hydrogen-bond acceptors (Lipinski definition) is 17. The molecule has 8 amide bonds. The van der Waals surface area contributed by atoms with Gasteiger partial charge in [-0.05, 0) is 96.8 Å². The monoisotopic (exact) mass is 1300 g/mol. The molecule has 6 rings (SSSR count). The highest BCUT2D eigenvalue weighted by Gasteiger charge is 2.36. The zero-order chi connectivity index (χ0) is 68.1. The maximum Gasteiger partial charge on any atom is 0.317 e. The smallest absolute Gasteiger partial charge is 0.317 e. The Kier molecular flexibility index (Phi) is 29.6. The highest BCUT2D eigenvalue weighted by molar-refractivity contribution is 5.98. The number of unbranched alkanes of at least 4 members (excludes halogenated alkanes) is 2. The van der Waals surface area contributed by atoms with E-state index < -0.39 is 84.1 Å². The Labute approximate surface area is 545 Å². The van der Waals surface area contributed by atoms with E-state index in [1.165, 1.54) is 36.2 Å². The number of phenolic OH excluding ortho intramolecular Hbond substituents is 1. The topological polar surface area (TPSA) is 419 Å². The second-order valence-corrected chi connectivity index (χ2v) is 23.6. The van der Waals surface area contributed by atoms with Gasteiger partial charge < -0.3 is 68.3 Å². The number of hydrogen-bond donors (Lipinski definition) is 13. The average Bonchev–Trinajstić information content (AvgIpc) is 1.12. The molecule has 0 unspecified atom stereocenters. The molecule has 2 saturated heterocycles. The summed E-state index contributed by atoms with van der Waals surface area (Å²) in [5.41, 5.74) is 7.55. The largest absolute Gasteiger partial charge is 0.508 e. The first kappa shape index (κ1) is 73.5. The Morgan fingerprint density at radius 2 is 1.10 bits per heavy atom. The molecule has 29 heteroatoms. The highest BCUT2D eigenvalue weighted by Crippen LogP contribution is 2.20. The number of amides is 8. The fraction of sp³-hybridized carbons (Fsp3) is 0.477. The average molecular weight is 1310 g/mol. The molecule has 4 atom stereocenters. The molecule has 0 radical (unpaired) electrons. The molecular formula is C65H88N14O15. The van der Waals surface area contributed by atoms with E-state index in [1.54, 1.807) is 39.0 Å². The molecule has 2 aliphatic rings. The number of carbonyl (C=O) groups excluding carboxylic acids is 8. The van der Waals surface area contributed by atoms with Gasteiger partial charge in [0.25, 0.3) is 5.91 Å². The zero-order valence-electron chi connectivity index (χ0n) is 52.9. The number of rotatable bonds is 28. The van der Waals surface area contributed by atoms with Crippen LogP contribution in [0, 0.1) is 5.41 Å². The molecule has 508 valence electrons. The molecule has 0 aromatic heterocycles. The Bertz CT molecular complexity index is 3250. The maximum atomic E-state index is 14.7. The van der Waals surface area contributed by atoms with Gasteiger partial charge in [0.1, 0.15) is 29.9 Å². The number of nitrogens with zero attached hydrogens (tertiary/aromatic N) is 5. The van der Waals surface area contributed by atoms with E-state index in [4.69, 9.17) is 11.1 Å². The van der Waals surface area contributed by atoms with E-state index in [9.17, 15) is 73.2 Å². The second kappa shape index (κ2) is 37.8. The minimum Gasteiger partial charge on any atom is -0.508 e. The molecule has 2 aliphatic heterocycles. The van der Waals surface area contributed by atoms with Crippen LogP contribution in [0.1, 0.15) is 79.3 Å². The van der Waals surface area contributed by atoms with Crippen molar-refractivity contribution in [3.8, 4) is 5.75 Å². The van der Waals surface area contributed by atoms with Gasteiger partial charge in [0, 0.05) is 109 Å². The first-order valence-corrected chi connectivity index (χ1v) is 31.5. The molecule has 2 heterocycles. The van der Waals surface area contributed by atoms with Gasteiger partial charge in [0.2, 0.25) is 41.4 Å². The van der Waals surface area contributed by atoms with Crippen molar-refractivity contribution >= 4 is 87.5 Å². The van der Waals surface area contributed by atoms with E-state index in [0.717, 1.165) is 10.8 Å². The number of aliphatic carboxylic acids is 3. The summed E-state index contributed by atoms with van der Waals surface area (Å²) in [7, 11) is 1.39. The van der Waals surface area contributed by atoms with E-state index in [0.29, 0.717) is 42.5 Å². The third kappa shape index (κ3) is 25.8. The number of likely N-dealkylation sites (N-methyl/N-ethyl adjacent to an activating group) is 1. The number of nitrogens with two attached hydrogens (primary N) is 1. The quantitative estimate of drug-likeness (QED) is 0.0204. The number of carboxylic acids is 3. The van der Waals surface area contributed by atoms with Crippen molar-refractivity contribution in [2.24, 2.45) is 5.73 Å². The third-order valence-corrected chi connectivity index (χ3v) is 16.2.